The maximum Gasteiger partial charge on any atom is 0.162 e. The molecule has 2 aromatic rings. The molecule has 112 valence electrons. The van der Waals surface area contributed by atoms with Crippen LogP contribution >= 0.6 is 31.9 Å². The third-order valence-electron chi connectivity index (χ3n) is 2.92. The van der Waals surface area contributed by atoms with E-state index in [0.29, 0.717) is 10.3 Å². The Hall–Kier alpha value is -1.01. The van der Waals surface area contributed by atoms with Crippen molar-refractivity contribution in [1.82, 2.24) is 9.97 Å². The maximum absolute atomic E-state index is 13.2. The highest BCUT2D eigenvalue weighted by Gasteiger charge is 2.14. The predicted octanol–water partition coefficient (Wildman–Crippen LogP) is 5.19. The van der Waals surface area contributed by atoms with Crippen molar-refractivity contribution in [2.75, 3.05) is 11.9 Å². The number of halogens is 3. The monoisotopic (exact) mass is 415 g/mol. The molecule has 0 spiro atoms. The highest BCUT2D eigenvalue weighted by atomic mass is 79.9. The lowest BCUT2D eigenvalue weighted by molar-refractivity contribution is 0.627. The normalized spacial score (nSPS) is 10.7. The summed E-state index contributed by atoms with van der Waals surface area (Å²) in [5, 5.41) is 3.23. The first-order valence-electron chi connectivity index (χ1n) is 6.82. The van der Waals surface area contributed by atoms with Gasteiger partial charge in [-0.3, -0.25) is 0 Å². The quantitative estimate of drug-likeness (QED) is 0.728. The molecule has 0 aliphatic rings. The molecule has 1 aromatic heterocycles. The summed E-state index contributed by atoms with van der Waals surface area (Å²) in [5.41, 5.74) is 1.73. The summed E-state index contributed by atoms with van der Waals surface area (Å²) in [6, 6.07) is 4.53. The molecule has 0 bridgehead atoms. The van der Waals surface area contributed by atoms with E-state index in [2.05, 4.69) is 54.1 Å². The number of benzene rings is 1. The van der Waals surface area contributed by atoms with E-state index in [9.17, 15) is 4.39 Å². The highest BCUT2D eigenvalue weighted by Crippen LogP contribution is 2.31. The van der Waals surface area contributed by atoms with Crippen molar-refractivity contribution in [2.45, 2.75) is 26.7 Å². The molecule has 1 aromatic carbocycles. The lowest BCUT2D eigenvalue weighted by atomic mass is 10.2. The van der Waals surface area contributed by atoms with Crippen LogP contribution < -0.4 is 5.32 Å². The summed E-state index contributed by atoms with van der Waals surface area (Å²) < 4.78 is 14.8. The van der Waals surface area contributed by atoms with Crippen molar-refractivity contribution in [3.8, 4) is 11.4 Å². The molecule has 3 nitrogen and oxygen atoms in total. The lowest BCUT2D eigenvalue weighted by Crippen LogP contribution is -2.06. The molecule has 2 rings (SSSR count). The first kappa shape index (κ1) is 16.4. The summed E-state index contributed by atoms with van der Waals surface area (Å²) in [5.74, 6) is 1.06. The van der Waals surface area contributed by atoms with Crippen LogP contribution in [0.25, 0.3) is 11.4 Å². The minimum Gasteiger partial charge on any atom is -0.369 e. The Morgan fingerprint density at radius 2 is 1.95 bits per heavy atom. The molecule has 0 atom stereocenters. The summed E-state index contributed by atoms with van der Waals surface area (Å²) in [4.78, 5) is 9.16. The summed E-state index contributed by atoms with van der Waals surface area (Å²) in [6.07, 6.45) is 1.85. The minimum atomic E-state index is -0.288. The van der Waals surface area contributed by atoms with Gasteiger partial charge in [0.15, 0.2) is 5.82 Å². The van der Waals surface area contributed by atoms with E-state index in [0.717, 1.165) is 40.9 Å². The van der Waals surface area contributed by atoms with Gasteiger partial charge in [0.2, 0.25) is 0 Å². The topological polar surface area (TPSA) is 37.8 Å². The molecule has 0 radical (unpaired) electrons. The van der Waals surface area contributed by atoms with Gasteiger partial charge in [-0.1, -0.05) is 13.3 Å². The molecule has 0 fully saturated rings. The molecule has 0 amide bonds. The standard InChI is InChI=1S/C15H16Br2FN3/c1-3-5-12-13(17)15(19-4-2)21-14(20-12)10-7-6-9(18)8-11(10)16/h6-8H,3-5H2,1-2H3,(H,19,20,21). The largest absolute Gasteiger partial charge is 0.369 e. The Bertz CT molecular complexity index is 620. The second-order valence-electron chi connectivity index (χ2n) is 4.56. The molecule has 0 saturated heterocycles. The average molecular weight is 417 g/mol. The van der Waals surface area contributed by atoms with Gasteiger partial charge in [0.1, 0.15) is 11.6 Å². The number of hydrogen-bond donors (Lipinski definition) is 1. The van der Waals surface area contributed by atoms with E-state index in [1.54, 1.807) is 6.07 Å². The van der Waals surface area contributed by atoms with Gasteiger partial charge in [0.05, 0.1) is 10.2 Å². The molecule has 6 heteroatoms. The van der Waals surface area contributed by atoms with E-state index >= 15 is 0 Å². The number of aryl methyl sites for hydroxylation is 1. The van der Waals surface area contributed by atoms with Gasteiger partial charge in [-0.05, 0) is 63.4 Å². The van der Waals surface area contributed by atoms with E-state index in [-0.39, 0.29) is 5.82 Å². The van der Waals surface area contributed by atoms with Gasteiger partial charge in [-0.25, -0.2) is 14.4 Å². The lowest BCUT2D eigenvalue weighted by Gasteiger charge is -2.12. The zero-order chi connectivity index (χ0) is 15.4. The predicted molar refractivity (Wildman–Crippen MR) is 91.0 cm³/mol. The maximum atomic E-state index is 13.2. The van der Waals surface area contributed by atoms with Gasteiger partial charge in [0, 0.05) is 16.6 Å². The van der Waals surface area contributed by atoms with Crippen LogP contribution in [-0.4, -0.2) is 16.5 Å². The third kappa shape index (κ3) is 3.80. The van der Waals surface area contributed by atoms with Crippen LogP contribution in [0.15, 0.2) is 27.1 Å². The van der Waals surface area contributed by atoms with E-state index in [1.807, 2.05) is 6.92 Å². The van der Waals surface area contributed by atoms with Gasteiger partial charge in [-0.15, -0.1) is 0 Å². The number of anilines is 1. The second kappa shape index (κ2) is 7.31. The van der Waals surface area contributed by atoms with Gasteiger partial charge >= 0.3 is 0 Å². The average Bonchev–Trinajstić information content (AvgIpc) is 2.43. The first-order chi connectivity index (χ1) is 10.1. The molecule has 0 aliphatic carbocycles. The zero-order valence-corrected chi connectivity index (χ0v) is 15.1. The fourth-order valence-electron chi connectivity index (χ4n) is 1.97. The molecule has 21 heavy (non-hydrogen) atoms. The van der Waals surface area contributed by atoms with Crippen LogP contribution in [0, 0.1) is 5.82 Å². The Morgan fingerprint density at radius 1 is 1.19 bits per heavy atom. The second-order valence-corrected chi connectivity index (χ2v) is 6.21. The van der Waals surface area contributed by atoms with Crippen LogP contribution in [0.3, 0.4) is 0 Å². The smallest absolute Gasteiger partial charge is 0.162 e. The van der Waals surface area contributed by atoms with Crippen LogP contribution in [0.1, 0.15) is 26.0 Å². The minimum absolute atomic E-state index is 0.288. The highest BCUT2D eigenvalue weighted by molar-refractivity contribution is 9.11. The Balaban J connectivity index is 2.56. The zero-order valence-electron chi connectivity index (χ0n) is 11.9. The number of aromatic nitrogens is 2. The first-order valence-corrected chi connectivity index (χ1v) is 8.41. The van der Waals surface area contributed by atoms with E-state index in [1.165, 1.54) is 12.1 Å². The summed E-state index contributed by atoms with van der Waals surface area (Å²) in [6.45, 7) is 4.89. The third-order valence-corrected chi connectivity index (χ3v) is 4.41. The van der Waals surface area contributed by atoms with Crippen LogP contribution in [0.2, 0.25) is 0 Å². The molecule has 0 aliphatic heterocycles. The molecule has 0 unspecified atom stereocenters. The van der Waals surface area contributed by atoms with Gasteiger partial charge in [0.25, 0.3) is 0 Å². The summed E-state index contributed by atoms with van der Waals surface area (Å²) in [7, 11) is 0. The Kier molecular flexibility index (Phi) is 5.70. The molecule has 0 saturated carbocycles. The fraction of sp³-hybridized carbons (Fsp3) is 0.333. The molecule has 1 N–H and O–H groups in total. The van der Waals surface area contributed by atoms with Gasteiger partial charge < -0.3 is 5.32 Å². The molecule has 1 heterocycles. The Labute approximate surface area is 140 Å². The fourth-order valence-corrected chi connectivity index (χ4v) is 3.02. The van der Waals surface area contributed by atoms with E-state index in [4.69, 9.17) is 0 Å². The SMILES string of the molecule is CCCc1nc(-c2ccc(F)cc2Br)nc(NCC)c1Br. The van der Waals surface area contributed by atoms with Crippen molar-refractivity contribution in [1.29, 1.82) is 0 Å². The van der Waals surface area contributed by atoms with Gasteiger partial charge in [-0.2, -0.15) is 0 Å². The van der Waals surface area contributed by atoms with E-state index < -0.39 is 0 Å². The van der Waals surface area contributed by atoms with Crippen molar-refractivity contribution in [3.63, 3.8) is 0 Å². The van der Waals surface area contributed by atoms with Crippen LogP contribution in [0.4, 0.5) is 10.2 Å². The van der Waals surface area contributed by atoms with Crippen molar-refractivity contribution < 1.29 is 4.39 Å². The van der Waals surface area contributed by atoms with Crippen molar-refractivity contribution >= 4 is 37.7 Å². The van der Waals surface area contributed by atoms with Crippen LogP contribution in [0.5, 0.6) is 0 Å². The number of rotatable bonds is 5. The summed E-state index contributed by atoms with van der Waals surface area (Å²) >= 11 is 6.94. The number of hydrogen-bond acceptors (Lipinski definition) is 3. The number of nitrogens with zero attached hydrogens (tertiary/aromatic N) is 2. The van der Waals surface area contributed by atoms with Crippen LogP contribution in [-0.2, 0) is 6.42 Å². The molecular formula is C15H16Br2FN3. The Morgan fingerprint density at radius 3 is 2.57 bits per heavy atom. The molecular weight excluding hydrogens is 401 g/mol. The number of nitrogens with one attached hydrogen (secondary N) is 1. The van der Waals surface area contributed by atoms with Crippen molar-refractivity contribution in [2.24, 2.45) is 0 Å². The van der Waals surface area contributed by atoms with Crippen molar-refractivity contribution in [3.05, 3.63) is 38.7 Å².